The first-order valence-corrected chi connectivity index (χ1v) is 4.57. The highest BCUT2D eigenvalue weighted by atomic mass is 16.6. The van der Waals surface area contributed by atoms with E-state index in [4.69, 9.17) is 9.84 Å². The van der Waals surface area contributed by atoms with Gasteiger partial charge in [0.05, 0.1) is 12.2 Å². The van der Waals surface area contributed by atoms with E-state index >= 15 is 0 Å². The highest BCUT2D eigenvalue weighted by Gasteiger charge is 2.11. The van der Waals surface area contributed by atoms with Crippen molar-refractivity contribution in [3.63, 3.8) is 0 Å². The van der Waals surface area contributed by atoms with Crippen molar-refractivity contribution >= 4 is 6.09 Å². The van der Waals surface area contributed by atoms with Gasteiger partial charge in [-0.15, -0.1) is 0 Å². The molecule has 0 spiro atoms. The molecule has 0 saturated heterocycles. The summed E-state index contributed by atoms with van der Waals surface area (Å²) < 4.78 is 4.87. The normalized spacial score (nSPS) is 15.2. The maximum Gasteiger partial charge on any atom is 0.407 e. The standard InChI is InChI=1S/C9H19NO3/c1-6(2)13-9(12)10-7(3)5-8(4)11/h6-8,11H,5H2,1-4H3,(H,10,12). The van der Waals surface area contributed by atoms with Gasteiger partial charge in [-0.25, -0.2) is 4.79 Å². The van der Waals surface area contributed by atoms with Crippen LogP contribution in [0.1, 0.15) is 34.1 Å². The molecule has 0 aromatic carbocycles. The number of alkyl carbamates (subject to hydrolysis) is 1. The van der Waals surface area contributed by atoms with E-state index in [9.17, 15) is 4.79 Å². The molecule has 78 valence electrons. The lowest BCUT2D eigenvalue weighted by Gasteiger charge is -2.16. The molecule has 13 heavy (non-hydrogen) atoms. The van der Waals surface area contributed by atoms with Crippen molar-refractivity contribution in [2.75, 3.05) is 0 Å². The van der Waals surface area contributed by atoms with Gasteiger partial charge in [0.25, 0.3) is 0 Å². The zero-order valence-corrected chi connectivity index (χ0v) is 8.70. The van der Waals surface area contributed by atoms with Gasteiger partial charge < -0.3 is 15.2 Å². The van der Waals surface area contributed by atoms with E-state index < -0.39 is 12.2 Å². The number of aliphatic hydroxyl groups excluding tert-OH is 1. The van der Waals surface area contributed by atoms with Crippen molar-refractivity contribution in [2.45, 2.75) is 52.4 Å². The van der Waals surface area contributed by atoms with E-state index in [0.29, 0.717) is 6.42 Å². The lowest BCUT2D eigenvalue weighted by atomic mass is 10.2. The molecule has 0 bridgehead atoms. The monoisotopic (exact) mass is 189 g/mol. The van der Waals surface area contributed by atoms with E-state index in [0.717, 1.165) is 0 Å². The molecule has 2 unspecified atom stereocenters. The number of hydrogen-bond donors (Lipinski definition) is 2. The van der Waals surface area contributed by atoms with Gasteiger partial charge in [-0.3, -0.25) is 0 Å². The third-order valence-corrected chi connectivity index (χ3v) is 1.40. The fourth-order valence-electron chi connectivity index (χ4n) is 1.02. The van der Waals surface area contributed by atoms with E-state index in [1.54, 1.807) is 20.8 Å². The molecular formula is C9H19NO3. The summed E-state index contributed by atoms with van der Waals surface area (Å²) in [5.74, 6) is 0. The summed E-state index contributed by atoms with van der Waals surface area (Å²) in [6.45, 7) is 7.10. The molecule has 4 heteroatoms. The molecule has 2 atom stereocenters. The first-order valence-electron chi connectivity index (χ1n) is 4.57. The molecule has 0 heterocycles. The van der Waals surface area contributed by atoms with Crippen LogP contribution >= 0.6 is 0 Å². The fourth-order valence-corrected chi connectivity index (χ4v) is 1.02. The van der Waals surface area contributed by atoms with E-state index in [1.807, 2.05) is 6.92 Å². The summed E-state index contributed by atoms with van der Waals surface area (Å²) in [5.41, 5.74) is 0. The van der Waals surface area contributed by atoms with Gasteiger partial charge in [0, 0.05) is 6.04 Å². The predicted molar refractivity (Wildman–Crippen MR) is 50.5 cm³/mol. The van der Waals surface area contributed by atoms with Crippen LogP contribution in [0.4, 0.5) is 4.79 Å². The van der Waals surface area contributed by atoms with Crippen LogP contribution in [0.15, 0.2) is 0 Å². The van der Waals surface area contributed by atoms with Gasteiger partial charge >= 0.3 is 6.09 Å². The molecule has 4 nitrogen and oxygen atoms in total. The average molecular weight is 189 g/mol. The van der Waals surface area contributed by atoms with Crippen molar-refractivity contribution in [1.82, 2.24) is 5.32 Å². The number of hydrogen-bond acceptors (Lipinski definition) is 3. The Morgan fingerprint density at radius 2 is 1.92 bits per heavy atom. The Morgan fingerprint density at radius 1 is 1.38 bits per heavy atom. The summed E-state index contributed by atoms with van der Waals surface area (Å²) in [5, 5.41) is 11.6. The Hall–Kier alpha value is -0.770. The number of nitrogens with one attached hydrogen (secondary N) is 1. The van der Waals surface area contributed by atoms with Crippen molar-refractivity contribution in [1.29, 1.82) is 0 Å². The number of carbonyl (C=O) groups excluding carboxylic acids is 1. The summed E-state index contributed by atoms with van der Waals surface area (Å²) in [6, 6.07) is -0.0637. The summed E-state index contributed by atoms with van der Waals surface area (Å²) in [7, 11) is 0. The van der Waals surface area contributed by atoms with Gasteiger partial charge in [0.15, 0.2) is 0 Å². The van der Waals surface area contributed by atoms with Crippen LogP contribution < -0.4 is 5.32 Å². The molecule has 0 aromatic rings. The van der Waals surface area contributed by atoms with Crippen molar-refractivity contribution in [3.05, 3.63) is 0 Å². The molecule has 0 aliphatic carbocycles. The minimum Gasteiger partial charge on any atom is -0.447 e. The number of ether oxygens (including phenoxy) is 1. The number of aliphatic hydroxyl groups is 1. The molecule has 0 aromatic heterocycles. The number of carbonyl (C=O) groups is 1. The second kappa shape index (κ2) is 5.80. The van der Waals surface area contributed by atoms with E-state index in [-0.39, 0.29) is 12.1 Å². The van der Waals surface area contributed by atoms with Crippen molar-refractivity contribution < 1.29 is 14.6 Å². The van der Waals surface area contributed by atoms with E-state index in [1.165, 1.54) is 0 Å². The van der Waals surface area contributed by atoms with Gasteiger partial charge in [-0.05, 0) is 34.1 Å². The molecule has 0 radical (unpaired) electrons. The fraction of sp³-hybridized carbons (Fsp3) is 0.889. The van der Waals surface area contributed by atoms with Gasteiger partial charge in [-0.2, -0.15) is 0 Å². The molecule has 0 rings (SSSR count). The van der Waals surface area contributed by atoms with Crippen LogP contribution in [0.5, 0.6) is 0 Å². The maximum atomic E-state index is 11.0. The van der Waals surface area contributed by atoms with Crippen LogP contribution in [0.3, 0.4) is 0 Å². The summed E-state index contributed by atoms with van der Waals surface area (Å²) in [6.07, 6.45) is -0.413. The molecule has 0 fully saturated rings. The first-order chi connectivity index (χ1) is 5.91. The maximum absolute atomic E-state index is 11.0. The average Bonchev–Trinajstić information content (AvgIpc) is 1.80. The lowest BCUT2D eigenvalue weighted by Crippen LogP contribution is -2.36. The highest BCUT2D eigenvalue weighted by molar-refractivity contribution is 5.67. The van der Waals surface area contributed by atoms with Crippen LogP contribution in [0.2, 0.25) is 0 Å². The molecule has 0 aliphatic rings. The highest BCUT2D eigenvalue weighted by Crippen LogP contribution is 1.97. The Labute approximate surface area is 79.3 Å². The Kier molecular flexibility index (Phi) is 5.46. The Morgan fingerprint density at radius 3 is 2.31 bits per heavy atom. The summed E-state index contributed by atoms with van der Waals surface area (Å²) in [4.78, 5) is 11.0. The summed E-state index contributed by atoms with van der Waals surface area (Å²) >= 11 is 0. The van der Waals surface area contributed by atoms with Crippen LogP contribution in [0, 0.1) is 0 Å². The Balaban J connectivity index is 3.65. The first kappa shape index (κ1) is 12.2. The van der Waals surface area contributed by atoms with Gasteiger partial charge in [0.1, 0.15) is 0 Å². The van der Waals surface area contributed by atoms with Crippen LogP contribution in [-0.4, -0.2) is 29.4 Å². The molecular weight excluding hydrogens is 170 g/mol. The second-order valence-electron chi connectivity index (χ2n) is 3.58. The molecule has 0 saturated carbocycles. The zero-order chi connectivity index (χ0) is 10.4. The second-order valence-corrected chi connectivity index (χ2v) is 3.58. The van der Waals surface area contributed by atoms with Crippen molar-refractivity contribution in [2.24, 2.45) is 0 Å². The van der Waals surface area contributed by atoms with Gasteiger partial charge in [0.2, 0.25) is 0 Å². The largest absolute Gasteiger partial charge is 0.447 e. The SMILES string of the molecule is CC(O)CC(C)NC(=O)OC(C)C. The Bertz CT molecular complexity index is 157. The number of amides is 1. The van der Waals surface area contributed by atoms with Crippen LogP contribution in [-0.2, 0) is 4.74 Å². The topological polar surface area (TPSA) is 58.6 Å². The third kappa shape index (κ3) is 7.59. The molecule has 2 N–H and O–H groups in total. The lowest BCUT2D eigenvalue weighted by molar-refractivity contribution is 0.108. The third-order valence-electron chi connectivity index (χ3n) is 1.40. The van der Waals surface area contributed by atoms with Crippen LogP contribution in [0.25, 0.3) is 0 Å². The van der Waals surface area contributed by atoms with Gasteiger partial charge in [-0.1, -0.05) is 0 Å². The quantitative estimate of drug-likeness (QED) is 0.700. The minimum absolute atomic E-state index is 0.0637. The van der Waals surface area contributed by atoms with Crippen molar-refractivity contribution in [3.8, 4) is 0 Å². The molecule has 1 amide bonds. The predicted octanol–water partition coefficient (Wildman–Crippen LogP) is 1.28. The number of rotatable bonds is 4. The van der Waals surface area contributed by atoms with E-state index in [2.05, 4.69) is 5.32 Å². The zero-order valence-electron chi connectivity index (χ0n) is 8.70. The molecule has 0 aliphatic heterocycles. The minimum atomic E-state index is -0.428. The smallest absolute Gasteiger partial charge is 0.407 e.